The molecule has 1 atom stereocenters. The van der Waals surface area contributed by atoms with Gasteiger partial charge in [-0.05, 0) is 50.7 Å². The molecule has 2 aromatic rings. The van der Waals surface area contributed by atoms with Crippen molar-refractivity contribution in [2.75, 3.05) is 12.4 Å². The summed E-state index contributed by atoms with van der Waals surface area (Å²) in [5.74, 6) is -0.658. The van der Waals surface area contributed by atoms with Crippen LogP contribution in [-0.4, -0.2) is 36.0 Å². The Morgan fingerprint density at radius 3 is 2.36 bits per heavy atom. The molecule has 0 saturated carbocycles. The SMILES string of the molecule is CC(=O)c1cccc(NC(=O)[C@@H](C)N(C)Cc2ccc(OC(F)(F)F)cc2)c1. The number of ketones is 1. The van der Waals surface area contributed by atoms with Crippen LogP contribution in [0.25, 0.3) is 0 Å². The monoisotopic (exact) mass is 394 g/mol. The lowest BCUT2D eigenvalue weighted by Crippen LogP contribution is -2.39. The van der Waals surface area contributed by atoms with Crippen LogP contribution in [0.4, 0.5) is 18.9 Å². The van der Waals surface area contributed by atoms with Gasteiger partial charge in [0, 0.05) is 17.8 Å². The third-order valence-corrected chi connectivity index (χ3v) is 4.17. The van der Waals surface area contributed by atoms with E-state index in [-0.39, 0.29) is 17.4 Å². The lowest BCUT2D eigenvalue weighted by atomic mass is 10.1. The molecule has 2 aromatic carbocycles. The Morgan fingerprint density at radius 2 is 1.79 bits per heavy atom. The highest BCUT2D eigenvalue weighted by atomic mass is 19.4. The first kappa shape index (κ1) is 21.4. The molecule has 8 heteroatoms. The molecular formula is C20H21F3N2O3. The molecular weight excluding hydrogens is 373 g/mol. The van der Waals surface area contributed by atoms with Gasteiger partial charge in [-0.15, -0.1) is 13.2 Å². The second-order valence-corrected chi connectivity index (χ2v) is 6.41. The number of rotatable bonds is 7. The molecule has 150 valence electrons. The van der Waals surface area contributed by atoms with E-state index in [9.17, 15) is 22.8 Å². The standard InChI is InChI=1S/C20H21F3N2O3/c1-13(19(27)24-17-6-4-5-16(11-17)14(2)26)25(3)12-15-7-9-18(10-8-15)28-20(21,22)23/h4-11,13H,12H2,1-3H3,(H,24,27)/t13-/m1/s1. The first-order chi connectivity index (χ1) is 13.0. The number of amides is 1. The third-order valence-electron chi connectivity index (χ3n) is 4.17. The molecule has 0 heterocycles. The zero-order chi connectivity index (χ0) is 20.9. The first-order valence-electron chi connectivity index (χ1n) is 8.52. The number of halogens is 3. The van der Waals surface area contributed by atoms with Crippen molar-refractivity contribution in [3.63, 3.8) is 0 Å². The summed E-state index contributed by atoms with van der Waals surface area (Å²) < 4.78 is 40.4. The van der Waals surface area contributed by atoms with Crippen LogP contribution in [0.1, 0.15) is 29.8 Å². The molecule has 5 nitrogen and oxygen atoms in total. The van der Waals surface area contributed by atoms with Crippen molar-refractivity contribution in [3.8, 4) is 5.75 Å². The predicted octanol–water partition coefficient (Wildman–Crippen LogP) is 4.25. The summed E-state index contributed by atoms with van der Waals surface area (Å²) in [6.07, 6.45) is -4.73. The summed E-state index contributed by atoms with van der Waals surface area (Å²) >= 11 is 0. The second kappa shape index (κ2) is 8.88. The van der Waals surface area contributed by atoms with Crippen molar-refractivity contribution in [2.45, 2.75) is 32.8 Å². The van der Waals surface area contributed by atoms with Crippen molar-refractivity contribution in [1.82, 2.24) is 4.90 Å². The van der Waals surface area contributed by atoms with E-state index in [4.69, 9.17) is 0 Å². The lowest BCUT2D eigenvalue weighted by molar-refractivity contribution is -0.274. The van der Waals surface area contributed by atoms with E-state index in [2.05, 4.69) is 10.1 Å². The van der Waals surface area contributed by atoms with Crippen molar-refractivity contribution in [1.29, 1.82) is 0 Å². The molecule has 1 N–H and O–H groups in total. The quantitative estimate of drug-likeness (QED) is 0.714. The van der Waals surface area contributed by atoms with Crippen LogP contribution in [0.5, 0.6) is 5.75 Å². The lowest BCUT2D eigenvalue weighted by Gasteiger charge is -2.24. The van der Waals surface area contributed by atoms with E-state index in [1.807, 2.05) is 0 Å². The van der Waals surface area contributed by atoms with Gasteiger partial charge in [-0.2, -0.15) is 0 Å². The van der Waals surface area contributed by atoms with E-state index >= 15 is 0 Å². The molecule has 0 aliphatic carbocycles. The Morgan fingerprint density at radius 1 is 1.14 bits per heavy atom. The Balaban J connectivity index is 1.96. The molecule has 28 heavy (non-hydrogen) atoms. The molecule has 1 amide bonds. The van der Waals surface area contributed by atoms with Gasteiger partial charge in [0.05, 0.1) is 6.04 Å². The van der Waals surface area contributed by atoms with Crippen LogP contribution in [0.3, 0.4) is 0 Å². The second-order valence-electron chi connectivity index (χ2n) is 6.41. The number of Topliss-reactive ketones (excluding diaryl/α,β-unsaturated/α-hetero) is 1. The van der Waals surface area contributed by atoms with Gasteiger partial charge >= 0.3 is 6.36 Å². The number of ether oxygens (including phenoxy) is 1. The number of nitrogens with zero attached hydrogens (tertiary/aromatic N) is 1. The topological polar surface area (TPSA) is 58.6 Å². The van der Waals surface area contributed by atoms with Crippen molar-refractivity contribution in [2.24, 2.45) is 0 Å². The zero-order valence-electron chi connectivity index (χ0n) is 15.7. The van der Waals surface area contributed by atoms with Crippen LogP contribution in [0.15, 0.2) is 48.5 Å². The highest BCUT2D eigenvalue weighted by Gasteiger charge is 2.31. The fourth-order valence-corrected chi connectivity index (χ4v) is 2.48. The molecule has 0 aromatic heterocycles. The fourth-order valence-electron chi connectivity index (χ4n) is 2.48. The predicted molar refractivity (Wildman–Crippen MR) is 99.1 cm³/mol. The van der Waals surface area contributed by atoms with E-state index < -0.39 is 12.4 Å². The van der Waals surface area contributed by atoms with Gasteiger partial charge in [-0.1, -0.05) is 24.3 Å². The van der Waals surface area contributed by atoms with Crippen LogP contribution in [0, 0.1) is 0 Å². The van der Waals surface area contributed by atoms with Gasteiger partial charge in [0.2, 0.25) is 5.91 Å². The first-order valence-corrected chi connectivity index (χ1v) is 8.52. The largest absolute Gasteiger partial charge is 0.573 e. The summed E-state index contributed by atoms with van der Waals surface area (Å²) in [4.78, 5) is 25.6. The molecule has 0 radical (unpaired) electrons. The zero-order valence-corrected chi connectivity index (χ0v) is 15.7. The van der Waals surface area contributed by atoms with E-state index in [1.54, 1.807) is 43.1 Å². The smallest absolute Gasteiger partial charge is 0.406 e. The summed E-state index contributed by atoms with van der Waals surface area (Å²) in [6.45, 7) is 3.52. The number of likely N-dealkylation sites (N-methyl/N-ethyl adjacent to an activating group) is 1. The normalized spacial score (nSPS) is 12.5. The van der Waals surface area contributed by atoms with Gasteiger partial charge in [0.15, 0.2) is 5.78 Å². The summed E-state index contributed by atoms with van der Waals surface area (Å²) in [5.41, 5.74) is 1.75. The Labute approximate surface area is 161 Å². The Hall–Kier alpha value is -2.87. The maximum Gasteiger partial charge on any atom is 0.573 e. The molecule has 0 bridgehead atoms. The molecule has 2 rings (SSSR count). The number of carbonyl (C=O) groups excluding carboxylic acids is 2. The Bertz CT molecular complexity index is 835. The highest BCUT2D eigenvalue weighted by molar-refractivity contribution is 5.98. The van der Waals surface area contributed by atoms with E-state index in [1.165, 1.54) is 31.2 Å². The summed E-state index contributed by atoms with van der Waals surface area (Å²) in [6, 6.07) is 11.6. The van der Waals surface area contributed by atoms with Crippen LogP contribution < -0.4 is 10.1 Å². The molecule has 0 aliphatic heterocycles. The van der Waals surface area contributed by atoms with Crippen molar-refractivity contribution < 1.29 is 27.5 Å². The minimum atomic E-state index is -4.73. The van der Waals surface area contributed by atoms with E-state index in [0.717, 1.165) is 5.56 Å². The maximum atomic E-state index is 12.5. The van der Waals surface area contributed by atoms with E-state index in [0.29, 0.717) is 17.8 Å². The average molecular weight is 394 g/mol. The minimum absolute atomic E-state index is 0.0979. The van der Waals surface area contributed by atoms with Crippen molar-refractivity contribution >= 4 is 17.4 Å². The van der Waals surface area contributed by atoms with Crippen LogP contribution >= 0.6 is 0 Å². The van der Waals surface area contributed by atoms with Crippen LogP contribution in [-0.2, 0) is 11.3 Å². The number of anilines is 1. The van der Waals surface area contributed by atoms with Gasteiger partial charge in [0.1, 0.15) is 5.75 Å². The fraction of sp³-hybridized carbons (Fsp3) is 0.300. The molecule has 0 aliphatic rings. The third kappa shape index (κ3) is 6.38. The Kier molecular flexibility index (Phi) is 6.80. The number of alkyl halides is 3. The number of carbonyl (C=O) groups is 2. The van der Waals surface area contributed by atoms with Gasteiger partial charge in [-0.3, -0.25) is 14.5 Å². The molecule has 0 unspecified atom stereocenters. The van der Waals surface area contributed by atoms with Crippen LogP contribution in [0.2, 0.25) is 0 Å². The number of benzene rings is 2. The molecule has 0 fully saturated rings. The average Bonchev–Trinajstić information content (AvgIpc) is 2.61. The molecule has 0 saturated heterocycles. The maximum absolute atomic E-state index is 12.5. The van der Waals surface area contributed by atoms with Gasteiger partial charge < -0.3 is 10.1 Å². The summed E-state index contributed by atoms with van der Waals surface area (Å²) in [5, 5.41) is 2.76. The highest BCUT2D eigenvalue weighted by Crippen LogP contribution is 2.23. The molecule has 0 spiro atoms. The van der Waals surface area contributed by atoms with Gasteiger partial charge in [-0.25, -0.2) is 0 Å². The minimum Gasteiger partial charge on any atom is -0.406 e. The van der Waals surface area contributed by atoms with Gasteiger partial charge in [0.25, 0.3) is 0 Å². The number of hydrogen-bond acceptors (Lipinski definition) is 4. The summed E-state index contributed by atoms with van der Waals surface area (Å²) in [7, 11) is 1.73. The number of nitrogens with one attached hydrogen (secondary N) is 1. The number of hydrogen-bond donors (Lipinski definition) is 1. The van der Waals surface area contributed by atoms with Crippen molar-refractivity contribution in [3.05, 3.63) is 59.7 Å².